The van der Waals surface area contributed by atoms with Gasteiger partial charge in [-0.15, -0.1) is 10.2 Å². The normalized spacial score (nSPS) is 14.8. The lowest BCUT2D eigenvalue weighted by Crippen LogP contribution is -2.17. The fourth-order valence-electron chi connectivity index (χ4n) is 1.77. The summed E-state index contributed by atoms with van der Waals surface area (Å²) in [5.41, 5.74) is 5.66. The second-order valence-corrected chi connectivity index (χ2v) is 5.39. The zero-order chi connectivity index (χ0) is 13.0. The predicted octanol–water partition coefficient (Wildman–Crippen LogP) is 0.690. The van der Waals surface area contributed by atoms with Crippen LogP contribution >= 0.6 is 11.8 Å². The van der Waals surface area contributed by atoms with E-state index in [0.717, 1.165) is 23.2 Å². The van der Waals surface area contributed by atoms with Crippen molar-refractivity contribution in [1.29, 1.82) is 0 Å². The van der Waals surface area contributed by atoms with Crippen molar-refractivity contribution in [3.63, 3.8) is 0 Å². The van der Waals surface area contributed by atoms with Gasteiger partial charge in [0.15, 0.2) is 5.16 Å². The average Bonchev–Trinajstić information content (AvgIpc) is 3.15. The SMILES string of the molecule is CNC(=O)CCCSc1nnc(CN)n1C1CC1. The zero-order valence-corrected chi connectivity index (χ0v) is 11.4. The fraction of sp³-hybridized carbons (Fsp3) is 0.727. The van der Waals surface area contributed by atoms with Gasteiger partial charge >= 0.3 is 0 Å². The minimum absolute atomic E-state index is 0.0851. The van der Waals surface area contributed by atoms with Gasteiger partial charge in [-0.3, -0.25) is 4.79 Å². The summed E-state index contributed by atoms with van der Waals surface area (Å²) in [4.78, 5) is 11.1. The molecule has 18 heavy (non-hydrogen) atoms. The van der Waals surface area contributed by atoms with E-state index >= 15 is 0 Å². The first kappa shape index (κ1) is 13.4. The Balaban J connectivity index is 1.85. The van der Waals surface area contributed by atoms with Crippen molar-refractivity contribution in [1.82, 2.24) is 20.1 Å². The number of nitrogens with two attached hydrogens (primary N) is 1. The summed E-state index contributed by atoms with van der Waals surface area (Å²) in [6, 6.07) is 0.542. The first-order chi connectivity index (χ1) is 8.76. The van der Waals surface area contributed by atoms with Crippen LogP contribution in [0.4, 0.5) is 0 Å². The Labute approximate surface area is 111 Å². The largest absolute Gasteiger partial charge is 0.359 e. The van der Waals surface area contributed by atoms with Crippen LogP contribution in [0.3, 0.4) is 0 Å². The minimum atomic E-state index is 0.0851. The van der Waals surface area contributed by atoms with Gasteiger partial charge in [-0.05, 0) is 19.3 Å². The second kappa shape index (κ2) is 6.19. The Morgan fingerprint density at radius 2 is 2.33 bits per heavy atom. The van der Waals surface area contributed by atoms with Gasteiger partial charge in [0.2, 0.25) is 5.91 Å². The number of hydrogen-bond acceptors (Lipinski definition) is 5. The first-order valence-corrected chi connectivity index (χ1v) is 7.22. The lowest BCUT2D eigenvalue weighted by atomic mass is 10.3. The zero-order valence-electron chi connectivity index (χ0n) is 10.6. The molecule has 0 aromatic carbocycles. The Bertz CT molecular complexity index is 416. The van der Waals surface area contributed by atoms with Gasteiger partial charge in [0.05, 0.1) is 6.54 Å². The molecule has 0 aliphatic heterocycles. The maximum atomic E-state index is 11.1. The third-order valence-electron chi connectivity index (χ3n) is 2.89. The first-order valence-electron chi connectivity index (χ1n) is 6.23. The van der Waals surface area contributed by atoms with Crippen molar-refractivity contribution in [2.24, 2.45) is 5.73 Å². The summed E-state index contributed by atoms with van der Waals surface area (Å²) in [7, 11) is 1.66. The number of carbonyl (C=O) groups is 1. The quantitative estimate of drug-likeness (QED) is 0.562. The molecule has 1 aromatic heterocycles. The highest BCUT2D eigenvalue weighted by Crippen LogP contribution is 2.38. The summed E-state index contributed by atoms with van der Waals surface area (Å²) >= 11 is 1.66. The van der Waals surface area contributed by atoms with Crippen molar-refractivity contribution in [2.75, 3.05) is 12.8 Å². The minimum Gasteiger partial charge on any atom is -0.359 e. The predicted molar refractivity (Wildman–Crippen MR) is 70.2 cm³/mol. The van der Waals surface area contributed by atoms with Crippen LogP contribution in [-0.4, -0.2) is 33.5 Å². The molecule has 0 radical (unpaired) electrons. The molecule has 1 saturated carbocycles. The monoisotopic (exact) mass is 269 g/mol. The highest BCUT2D eigenvalue weighted by molar-refractivity contribution is 7.99. The standard InChI is InChI=1S/C11H19N5OS/c1-13-10(17)3-2-6-18-11-15-14-9(7-12)16(11)8-4-5-8/h8H,2-7,12H2,1H3,(H,13,17). The molecule has 3 N–H and O–H groups in total. The number of thioether (sulfide) groups is 1. The molecular weight excluding hydrogens is 250 g/mol. The molecule has 0 saturated heterocycles. The molecule has 1 amide bonds. The summed E-state index contributed by atoms with van der Waals surface area (Å²) < 4.78 is 2.16. The van der Waals surface area contributed by atoms with Crippen LogP contribution in [0.5, 0.6) is 0 Å². The smallest absolute Gasteiger partial charge is 0.219 e. The van der Waals surface area contributed by atoms with Crippen molar-refractivity contribution in [2.45, 2.75) is 43.4 Å². The number of rotatable bonds is 7. The van der Waals surface area contributed by atoms with Gasteiger partial charge in [0, 0.05) is 25.3 Å². The molecule has 7 heteroatoms. The van der Waals surface area contributed by atoms with Gasteiger partial charge in [0.25, 0.3) is 0 Å². The van der Waals surface area contributed by atoms with Crippen LogP contribution in [0.25, 0.3) is 0 Å². The van der Waals surface area contributed by atoms with Gasteiger partial charge < -0.3 is 15.6 Å². The molecule has 1 heterocycles. The second-order valence-electron chi connectivity index (χ2n) is 4.33. The molecular formula is C11H19N5OS. The number of aromatic nitrogens is 3. The van der Waals surface area contributed by atoms with Gasteiger partial charge in [-0.1, -0.05) is 11.8 Å². The van der Waals surface area contributed by atoms with E-state index in [1.807, 2.05) is 0 Å². The number of nitrogens with zero attached hydrogens (tertiary/aromatic N) is 3. The highest BCUT2D eigenvalue weighted by Gasteiger charge is 2.28. The maximum Gasteiger partial charge on any atom is 0.219 e. The molecule has 0 unspecified atom stereocenters. The molecule has 2 rings (SSSR count). The number of carbonyl (C=O) groups excluding carboxylic acids is 1. The average molecular weight is 269 g/mol. The summed E-state index contributed by atoms with van der Waals surface area (Å²) in [6.07, 6.45) is 3.79. The third-order valence-corrected chi connectivity index (χ3v) is 3.92. The van der Waals surface area contributed by atoms with E-state index in [9.17, 15) is 4.79 Å². The van der Waals surface area contributed by atoms with E-state index in [1.165, 1.54) is 12.8 Å². The Morgan fingerprint density at radius 3 is 2.94 bits per heavy atom. The van der Waals surface area contributed by atoms with E-state index in [4.69, 9.17) is 5.73 Å². The Kier molecular flexibility index (Phi) is 4.60. The van der Waals surface area contributed by atoms with Crippen molar-refractivity contribution < 1.29 is 4.79 Å². The topological polar surface area (TPSA) is 85.8 Å². The maximum absolute atomic E-state index is 11.1. The van der Waals surface area contributed by atoms with Gasteiger partial charge in [-0.25, -0.2) is 0 Å². The van der Waals surface area contributed by atoms with Crippen molar-refractivity contribution >= 4 is 17.7 Å². The van der Waals surface area contributed by atoms with Gasteiger partial charge in [-0.2, -0.15) is 0 Å². The third kappa shape index (κ3) is 3.23. The van der Waals surface area contributed by atoms with Crippen LogP contribution in [-0.2, 0) is 11.3 Å². The summed E-state index contributed by atoms with van der Waals surface area (Å²) in [5, 5.41) is 11.9. The van der Waals surface area contributed by atoms with Crippen LogP contribution < -0.4 is 11.1 Å². The van der Waals surface area contributed by atoms with E-state index in [2.05, 4.69) is 20.1 Å². The molecule has 0 bridgehead atoms. The molecule has 6 nitrogen and oxygen atoms in total. The molecule has 100 valence electrons. The van der Waals surface area contributed by atoms with E-state index < -0.39 is 0 Å². The lowest BCUT2D eigenvalue weighted by Gasteiger charge is -2.07. The number of amides is 1. The number of nitrogens with one attached hydrogen (secondary N) is 1. The van der Waals surface area contributed by atoms with Gasteiger partial charge in [0.1, 0.15) is 5.82 Å². The molecule has 0 spiro atoms. The Morgan fingerprint density at radius 1 is 1.56 bits per heavy atom. The van der Waals surface area contributed by atoms with Crippen LogP contribution in [0.1, 0.15) is 37.5 Å². The lowest BCUT2D eigenvalue weighted by molar-refractivity contribution is -0.120. The fourth-order valence-corrected chi connectivity index (χ4v) is 2.73. The van der Waals surface area contributed by atoms with Crippen molar-refractivity contribution in [3.05, 3.63) is 5.82 Å². The van der Waals surface area contributed by atoms with E-state index in [1.54, 1.807) is 18.8 Å². The van der Waals surface area contributed by atoms with Crippen LogP contribution in [0, 0.1) is 0 Å². The van der Waals surface area contributed by atoms with Crippen LogP contribution in [0.15, 0.2) is 5.16 Å². The number of hydrogen-bond donors (Lipinski definition) is 2. The van der Waals surface area contributed by atoms with Crippen molar-refractivity contribution in [3.8, 4) is 0 Å². The molecule has 1 aliphatic carbocycles. The van der Waals surface area contributed by atoms with E-state index in [-0.39, 0.29) is 5.91 Å². The molecule has 1 fully saturated rings. The van der Waals surface area contributed by atoms with E-state index in [0.29, 0.717) is 19.0 Å². The summed E-state index contributed by atoms with van der Waals surface area (Å²) in [6.45, 7) is 0.433. The highest BCUT2D eigenvalue weighted by atomic mass is 32.2. The molecule has 0 atom stereocenters. The van der Waals surface area contributed by atoms with Crippen LogP contribution in [0.2, 0.25) is 0 Å². The molecule has 1 aromatic rings. The Hall–Kier alpha value is -1.08. The summed E-state index contributed by atoms with van der Waals surface area (Å²) in [5.74, 6) is 1.83. The molecule has 1 aliphatic rings.